The summed E-state index contributed by atoms with van der Waals surface area (Å²) in [6.45, 7) is 4.78. The van der Waals surface area contributed by atoms with Gasteiger partial charge in [-0.2, -0.15) is 0 Å². The highest BCUT2D eigenvalue weighted by Crippen LogP contribution is 2.27. The first-order valence-electron chi connectivity index (χ1n) is 7.24. The fraction of sp³-hybridized carbons (Fsp3) is 0.467. The van der Waals surface area contributed by atoms with Gasteiger partial charge in [-0.3, -0.25) is 4.79 Å². The van der Waals surface area contributed by atoms with E-state index in [1.54, 1.807) is 6.26 Å². The van der Waals surface area contributed by atoms with E-state index in [4.69, 9.17) is 4.42 Å². The molecule has 8 heteroatoms. The summed E-state index contributed by atoms with van der Waals surface area (Å²) in [7, 11) is 0. The Bertz CT molecular complexity index is 610. The van der Waals surface area contributed by atoms with Crippen LogP contribution in [0.2, 0.25) is 0 Å². The van der Waals surface area contributed by atoms with E-state index < -0.39 is 0 Å². The van der Waals surface area contributed by atoms with Crippen LogP contribution in [0.3, 0.4) is 0 Å². The molecule has 1 saturated heterocycles. The van der Waals surface area contributed by atoms with Gasteiger partial charge in [0.25, 0.3) is 5.91 Å². The molecule has 0 radical (unpaired) electrons. The first kappa shape index (κ1) is 20.0. The molecule has 3 rings (SSSR count). The number of nitrogens with zero attached hydrogens (tertiary/aromatic N) is 1. The second kappa shape index (κ2) is 9.27. The zero-order valence-corrected chi connectivity index (χ0v) is 15.3. The molecule has 0 aliphatic carbocycles. The number of aromatic nitrogens is 1. The van der Waals surface area contributed by atoms with Gasteiger partial charge in [-0.15, -0.1) is 36.2 Å². The molecule has 2 aromatic heterocycles. The minimum absolute atomic E-state index is 0. The summed E-state index contributed by atoms with van der Waals surface area (Å²) in [6, 6.07) is 3.68. The monoisotopic (exact) mass is 377 g/mol. The average molecular weight is 378 g/mol. The molecule has 23 heavy (non-hydrogen) atoms. The average Bonchev–Trinajstić information content (AvgIpc) is 3.19. The number of aryl methyl sites for hydroxylation is 1. The first-order chi connectivity index (χ1) is 10.2. The minimum Gasteiger partial charge on any atom is -0.462 e. The van der Waals surface area contributed by atoms with Crippen molar-refractivity contribution in [2.24, 2.45) is 5.92 Å². The maximum atomic E-state index is 12.2. The summed E-state index contributed by atoms with van der Waals surface area (Å²) in [5, 5.41) is 7.06. The van der Waals surface area contributed by atoms with Gasteiger partial charge in [-0.05, 0) is 50.9 Å². The Balaban J connectivity index is 0.00000132. The van der Waals surface area contributed by atoms with Crippen LogP contribution in [-0.4, -0.2) is 30.5 Å². The number of hydrogen-bond donors (Lipinski definition) is 2. The summed E-state index contributed by atoms with van der Waals surface area (Å²) in [6.07, 6.45) is 3.84. The van der Waals surface area contributed by atoms with Crippen LogP contribution in [0, 0.1) is 12.8 Å². The van der Waals surface area contributed by atoms with E-state index in [1.165, 1.54) is 17.8 Å². The number of carbonyl (C=O) groups is 1. The van der Waals surface area contributed by atoms with Crippen LogP contribution >= 0.6 is 36.2 Å². The molecule has 1 aliphatic rings. The van der Waals surface area contributed by atoms with Gasteiger partial charge in [-0.25, -0.2) is 4.98 Å². The summed E-state index contributed by atoms with van der Waals surface area (Å²) in [4.78, 5) is 17.5. The smallest absolute Gasteiger partial charge is 0.271 e. The van der Waals surface area contributed by atoms with Crippen LogP contribution in [0.25, 0.3) is 10.8 Å². The van der Waals surface area contributed by atoms with E-state index in [0.29, 0.717) is 23.9 Å². The minimum atomic E-state index is -0.0903. The fourth-order valence-electron chi connectivity index (χ4n) is 2.55. The van der Waals surface area contributed by atoms with Crippen LogP contribution < -0.4 is 10.6 Å². The Hall–Kier alpha value is -1.08. The molecule has 1 atom stereocenters. The van der Waals surface area contributed by atoms with Gasteiger partial charge >= 0.3 is 0 Å². The van der Waals surface area contributed by atoms with Gasteiger partial charge in [0.2, 0.25) is 0 Å². The largest absolute Gasteiger partial charge is 0.462 e. The van der Waals surface area contributed by atoms with E-state index in [1.807, 2.05) is 19.1 Å². The summed E-state index contributed by atoms with van der Waals surface area (Å²) >= 11 is 1.48. The SMILES string of the molecule is Cc1sc(-c2ccco2)nc1C(=O)NCCC1CCNC1.Cl.Cl. The van der Waals surface area contributed by atoms with Crippen LogP contribution in [0.15, 0.2) is 22.8 Å². The molecule has 0 aromatic carbocycles. The number of hydrogen-bond acceptors (Lipinski definition) is 5. The van der Waals surface area contributed by atoms with Crippen molar-refractivity contribution in [2.75, 3.05) is 19.6 Å². The van der Waals surface area contributed by atoms with Crippen LogP contribution in [0.1, 0.15) is 28.2 Å². The number of nitrogens with one attached hydrogen (secondary N) is 2. The first-order valence-corrected chi connectivity index (χ1v) is 8.06. The molecule has 1 amide bonds. The molecule has 128 valence electrons. The van der Waals surface area contributed by atoms with Crippen molar-refractivity contribution >= 4 is 42.1 Å². The Kier molecular flexibility index (Phi) is 8.05. The molecule has 0 bridgehead atoms. The molecule has 1 fully saturated rings. The fourth-order valence-corrected chi connectivity index (χ4v) is 3.43. The Labute approximate surface area is 152 Å². The summed E-state index contributed by atoms with van der Waals surface area (Å²) < 4.78 is 5.33. The predicted octanol–water partition coefficient (Wildman–Crippen LogP) is 3.28. The zero-order valence-electron chi connectivity index (χ0n) is 12.8. The molecule has 1 aliphatic heterocycles. The van der Waals surface area contributed by atoms with Crippen molar-refractivity contribution in [3.05, 3.63) is 29.0 Å². The second-order valence-corrected chi connectivity index (χ2v) is 6.51. The topological polar surface area (TPSA) is 67.2 Å². The van der Waals surface area contributed by atoms with E-state index in [2.05, 4.69) is 15.6 Å². The molecule has 1 unspecified atom stereocenters. The quantitative estimate of drug-likeness (QED) is 0.838. The standard InChI is InChI=1S/C15H19N3O2S.2ClH/c1-10-13(18-15(21-10)12-3-2-8-20-12)14(19)17-7-5-11-4-6-16-9-11;;/h2-3,8,11,16H,4-7,9H2,1H3,(H,17,19);2*1H. The maximum absolute atomic E-state index is 12.2. The van der Waals surface area contributed by atoms with Crippen LogP contribution in [0.4, 0.5) is 0 Å². The van der Waals surface area contributed by atoms with Crippen molar-refractivity contribution in [1.29, 1.82) is 0 Å². The highest BCUT2D eigenvalue weighted by Gasteiger charge is 2.18. The van der Waals surface area contributed by atoms with E-state index in [9.17, 15) is 4.79 Å². The van der Waals surface area contributed by atoms with Gasteiger partial charge in [0.05, 0.1) is 6.26 Å². The molecular formula is C15H21Cl2N3O2S. The molecular weight excluding hydrogens is 357 g/mol. The number of thiazole rings is 1. The van der Waals surface area contributed by atoms with E-state index in [0.717, 1.165) is 29.4 Å². The number of rotatable bonds is 5. The third-order valence-corrected chi connectivity index (χ3v) is 4.73. The van der Waals surface area contributed by atoms with Gasteiger partial charge < -0.3 is 15.1 Å². The lowest BCUT2D eigenvalue weighted by molar-refractivity contribution is 0.0947. The van der Waals surface area contributed by atoms with Crippen molar-refractivity contribution in [2.45, 2.75) is 19.8 Å². The lowest BCUT2D eigenvalue weighted by Crippen LogP contribution is -2.27. The molecule has 3 heterocycles. The van der Waals surface area contributed by atoms with Crippen molar-refractivity contribution in [3.63, 3.8) is 0 Å². The number of furan rings is 1. The Morgan fingerprint density at radius 2 is 2.35 bits per heavy atom. The van der Waals surface area contributed by atoms with Crippen molar-refractivity contribution < 1.29 is 9.21 Å². The molecule has 2 N–H and O–H groups in total. The lowest BCUT2D eigenvalue weighted by Gasteiger charge is -2.08. The third-order valence-electron chi connectivity index (χ3n) is 3.74. The van der Waals surface area contributed by atoms with Gasteiger partial charge in [-0.1, -0.05) is 0 Å². The van der Waals surface area contributed by atoms with Gasteiger partial charge in [0.15, 0.2) is 10.8 Å². The van der Waals surface area contributed by atoms with E-state index in [-0.39, 0.29) is 30.7 Å². The highest BCUT2D eigenvalue weighted by molar-refractivity contribution is 7.15. The van der Waals surface area contributed by atoms with E-state index >= 15 is 0 Å². The second-order valence-electron chi connectivity index (χ2n) is 5.30. The number of carbonyl (C=O) groups excluding carboxylic acids is 1. The maximum Gasteiger partial charge on any atom is 0.271 e. The van der Waals surface area contributed by atoms with Crippen molar-refractivity contribution in [3.8, 4) is 10.8 Å². The van der Waals surface area contributed by atoms with Crippen LogP contribution in [-0.2, 0) is 0 Å². The molecule has 5 nitrogen and oxygen atoms in total. The Morgan fingerprint density at radius 1 is 1.52 bits per heavy atom. The third kappa shape index (κ3) is 4.94. The lowest BCUT2D eigenvalue weighted by atomic mass is 10.1. The molecule has 0 saturated carbocycles. The van der Waals surface area contributed by atoms with Crippen molar-refractivity contribution in [1.82, 2.24) is 15.6 Å². The summed E-state index contributed by atoms with van der Waals surface area (Å²) in [5.74, 6) is 1.30. The summed E-state index contributed by atoms with van der Waals surface area (Å²) in [5.41, 5.74) is 0.510. The predicted molar refractivity (Wildman–Crippen MR) is 97.0 cm³/mol. The van der Waals surface area contributed by atoms with Crippen LogP contribution in [0.5, 0.6) is 0 Å². The zero-order chi connectivity index (χ0) is 14.7. The highest BCUT2D eigenvalue weighted by atomic mass is 35.5. The van der Waals surface area contributed by atoms with Gasteiger partial charge in [0, 0.05) is 11.4 Å². The number of halogens is 2. The normalized spacial score (nSPS) is 16.5. The van der Waals surface area contributed by atoms with Gasteiger partial charge in [0.1, 0.15) is 5.69 Å². The Morgan fingerprint density at radius 3 is 3.00 bits per heavy atom. The molecule has 2 aromatic rings. The number of amides is 1. The molecule has 0 spiro atoms.